The fourth-order valence-electron chi connectivity index (χ4n) is 3.28. The molecule has 2 aliphatic rings. The highest BCUT2D eigenvalue weighted by Gasteiger charge is 2.56. The van der Waals surface area contributed by atoms with E-state index in [0.717, 1.165) is 55.5 Å². The second-order valence-electron chi connectivity index (χ2n) is 5.95. The monoisotopic (exact) mass is 300 g/mol. The van der Waals surface area contributed by atoms with E-state index in [1.165, 1.54) is 0 Å². The van der Waals surface area contributed by atoms with Crippen molar-refractivity contribution in [2.24, 2.45) is 0 Å². The van der Waals surface area contributed by atoms with Crippen LogP contribution in [-0.2, 0) is 4.79 Å². The van der Waals surface area contributed by atoms with E-state index in [4.69, 9.17) is 4.74 Å². The molecule has 0 bridgehead atoms. The molecular formula is C18H22NO3+. The van der Waals surface area contributed by atoms with Crippen LogP contribution in [0.3, 0.4) is 0 Å². The maximum atomic E-state index is 12.6. The Kier molecular flexibility index (Phi) is 3.87. The Labute approximate surface area is 131 Å². The summed E-state index contributed by atoms with van der Waals surface area (Å²) >= 11 is 0. The predicted molar refractivity (Wildman–Crippen MR) is 87.0 cm³/mol. The Morgan fingerprint density at radius 1 is 1.27 bits per heavy atom. The number of allylic oxidation sites excluding steroid dienone is 1. The molecule has 1 spiro atoms. The predicted octanol–water partition coefficient (Wildman–Crippen LogP) is 3.33. The lowest BCUT2D eigenvalue weighted by atomic mass is 9.91. The summed E-state index contributed by atoms with van der Waals surface area (Å²) < 4.78 is 5.89. The van der Waals surface area contributed by atoms with E-state index in [2.05, 4.69) is 6.92 Å². The number of aldehydes is 1. The average Bonchev–Trinajstić information content (AvgIpc) is 3.31. The minimum absolute atomic E-state index is 0.107. The fraction of sp³-hybridized carbons (Fsp3) is 0.444. The minimum atomic E-state index is 0.107. The fourth-order valence-corrected chi connectivity index (χ4v) is 3.28. The second-order valence-corrected chi connectivity index (χ2v) is 5.95. The van der Waals surface area contributed by atoms with Crippen LogP contribution in [0, 0.1) is 0 Å². The number of rotatable bonds is 6. The van der Waals surface area contributed by atoms with Gasteiger partial charge in [-0.1, -0.05) is 13.3 Å². The van der Waals surface area contributed by atoms with Crippen molar-refractivity contribution in [3.05, 3.63) is 29.3 Å². The third-order valence-corrected chi connectivity index (χ3v) is 4.56. The van der Waals surface area contributed by atoms with Crippen molar-refractivity contribution in [2.45, 2.75) is 33.1 Å². The van der Waals surface area contributed by atoms with E-state index in [1.807, 2.05) is 19.1 Å². The second kappa shape index (κ2) is 5.69. The van der Waals surface area contributed by atoms with Gasteiger partial charge >= 0.3 is 5.91 Å². The quantitative estimate of drug-likeness (QED) is 0.460. The summed E-state index contributed by atoms with van der Waals surface area (Å²) in [5, 5.41) is 0. The molecule has 0 aliphatic carbocycles. The lowest BCUT2D eigenvalue weighted by molar-refractivity contribution is -0.120. The molecule has 1 aromatic rings. The molecule has 3 rings (SSSR count). The molecule has 0 saturated carbocycles. The molecule has 0 unspecified atom stereocenters. The van der Waals surface area contributed by atoms with Gasteiger partial charge in [0.2, 0.25) is 0 Å². The summed E-state index contributed by atoms with van der Waals surface area (Å²) in [6.45, 7) is 6.10. The number of carbonyl (C=O) groups is 2. The van der Waals surface area contributed by atoms with Gasteiger partial charge in [-0.3, -0.25) is 4.79 Å². The first kappa shape index (κ1) is 15.0. The molecule has 0 aromatic heterocycles. The normalized spacial score (nSPS) is 17.9. The Bertz CT molecular complexity index is 657. The lowest BCUT2D eigenvalue weighted by Crippen LogP contribution is -2.37. The first-order chi connectivity index (χ1) is 10.7. The summed E-state index contributed by atoms with van der Waals surface area (Å²) in [7, 11) is 0. The molecule has 1 aromatic carbocycles. The Morgan fingerprint density at radius 2 is 2.05 bits per heavy atom. The summed E-state index contributed by atoms with van der Waals surface area (Å²) in [5.41, 5.74) is 3.52. The van der Waals surface area contributed by atoms with Crippen LogP contribution in [0.2, 0.25) is 0 Å². The van der Waals surface area contributed by atoms with Crippen LogP contribution >= 0.6 is 0 Å². The number of carbonyl (C=O) groups excluding carboxylic acids is 2. The zero-order valence-corrected chi connectivity index (χ0v) is 13.2. The van der Waals surface area contributed by atoms with Gasteiger partial charge in [-0.15, -0.1) is 0 Å². The highest BCUT2D eigenvalue weighted by atomic mass is 16.5. The van der Waals surface area contributed by atoms with Gasteiger partial charge in [-0.05, 0) is 37.5 Å². The van der Waals surface area contributed by atoms with Crippen LogP contribution in [-0.4, -0.2) is 31.9 Å². The van der Waals surface area contributed by atoms with Crippen LogP contribution in [0.15, 0.2) is 18.2 Å². The van der Waals surface area contributed by atoms with Gasteiger partial charge in [0.05, 0.1) is 6.61 Å². The maximum Gasteiger partial charge on any atom is 0.344 e. The maximum absolute atomic E-state index is 12.6. The van der Waals surface area contributed by atoms with Crippen LogP contribution in [0.1, 0.15) is 49.0 Å². The Morgan fingerprint density at radius 3 is 2.64 bits per heavy atom. The Hall–Kier alpha value is -1.94. The van der Waals surface area contributed by atoms with Crippen LogP contribution < -0.4 is 9.22 Å². The van der Waals surface area contributed by atoms with Gasteiger partial charge in [0.1, 0.15) is 24.4 Å². The SMILES string of the molecule is CCCCC1=CC(=O)[N+]2(CC2)c2c1ccc(OCC)c2C=O. The highest BCUT2D eigenvalue weighted by molar-refractivity contribution is 6.13. The third-order valence-electron chi connectivity index (χ3n) is 4.56. The topological polar surface area (TPSA) is 43.4 Å². The van der Waals surface area contributed by atoms with Crippen molar-refractivity contribution in [1.82, 2.24) is 4.48 Å². The van der Waals surface area contributed by atoms with Gasteiger partial charge in [0.25, 0.3) is 0 Å². The molecule has 0 atom stereocenters. The Balaban J connectivity index is 2.16. The molecular weight excluding hydrogens is 278 g/mol. The number of nitrogens with zero attached hydrogens (tertiary/aromatic N) is 1. The molecule has 0 radical (unpaired) electrons. The molecule has 2 heterocycles. The zero-order chi connectivity index (χ0) is 15.7. The van der Waals surface area contributed by atoms with E-state index in [1.54, 1.807) is 6.08 Å². The lowest BCUT2D eigenvalue weighted by Gasteiger charge is -2.26. The number of benzene rings is 1. The van der Waals surface area contributed by atoms with Crippen molar-refractivity contribution in [3.8, 4) is 5.75 Å². The van der Waals surface area contributed by atoms with Crippen molar-refractivity contribution in [3.63, 3.8) is 0 Å². The van der Waals surface area contributed by atoms with Gasteiger partial charge in [0, 0.05) is 11.6 Å². The number of hydrogen-bond donors (Lipinski definition) is 0. The highest BCUT2D eigenvalue weighted by Crippen LogP contribution is 2.48. The van der Waals surface area contributed by atoms with E-state index >= 15 is 0 Å². The van der Waals surface area contributed by atoms with E-state index in [0.29, 0.717) is 22.4 Å². The number of amides is 1. The standard InChI is InChI=1S/C18H22NO3/c1-3-5-6-13-11-17(21)19(9-10-19)18-14(13)7-8-16(22-4-2)15(18)12-20/h7-8,11-12H,3-6,9-10H2,1-2H3/q+1. The van der Waals surface area contributed by atoms with Crippen LogP contribution in [0.4, 0.5) is 5.69 Å². The summed E-state index contributed by atoms with van der Waals surface area (Å²) in [5.74, 6) is 0.695. The first-order valence-corrected chi connectivity index (χ1v) is 8.06. The summed E-state index contributed by atoms with van der Waals surface area (Å²) in [4.78, 5) is 24.3. The molecule has 22 heavy (non-hydrogen) atoms. The largest absolute Gasteiger partial charge is 0.493 e. The van der Waals surface area contributed by atoms with Gasteiger partial charge in [0.15, 0.2) is 12.0 Å². The van der Waals surface area contributed by atoms with E-state index in [-0.39, 0.29) is 5.91 Å². The number of fused-ring (bicyclic) bond motifs is 2. The van der Waals surface area contributed by atoms with Crippen molar-refractivity contribution in [1.29, 1.82) is 0 Å². The summed E-state index contributed by atoms with van der Waals surface area (Å²) in [6, 6.07) is 3.88. The smallest absolute Gasteiger partial charge is 0.344 e. The molecule has 4 heteroatoms. The van der Waals surface area contributed by atoms with Crippen molar-refractivity contribution in [2.75, 3.05) is 19.7 Å². The minimum Gasteiger partial charge on any atom is -0.493 e. The molecule has 116 valence electrons. The number of quaternary nitrogens is 1. The van der Waals surface area contributed by atoms with Crippen molar-refractivity contribution < 1.29 is 14.3 Å². The summed E-state index contributed by atoms with van der Waals surface area (Å²) in [6.07, 6.45) is 5.64. The molecule has 1 amide bonds. The van der Waals surface area contributed by atoms with Gasteiger partial charge in [-0.25, -0.2) is 9.28 Å². The van der Waals surface area contributed by atoms with E-state index < -0.39 is 0 Å². The molecule has 0 N–H and O–H groups in total. The zero-order valence-electron chi connectivity index (χ0n) is 13.2. The molecule has 4 nitrogen and oxygen atoms in total. The average molecular weight is 300 g/mol. The van der Waals surface area contributed by atoms with Crippen molar-refractivity contribution >= 4 is 23.5 Å². The molecule has 1 fully saturated rings. The van der Waals surface area contributed by atoms with Gasteiger partial charge in [-0.2, -0.15) is 0 Å². The van der Waals surface area contributed by atoms with Crippen LogP contribution in [0.5, 0.6) is 5.75 Å². The van der Waals surface area contributed by atoms with Crippen LogP contribution in [0.25, 0.3) is 5.57 Å². The number of hydrogen-bond acceptors (Lipinski definition) is 3. The number of unbranched alkanes of at least 4 members (excludes halogenated alkanes) is 1. The van der Waals surface area contributed by atoms with Gasteiger partial charge < -0.3 is 4.74 Å². The molecule has 2 aliphatic heterocycles. The third kappa shape index (κ3) is 2.18. The van der Waals surface area contributed by atoms with E-state index in [9.17, 15) is 9.59 Å². The molecule has 1 saturated heterocycles. The number of ether oxygens (including phenoxy) is 1. The first-order valence-electron chi connectivity index (χ1n) is 8.06.